The molecule has 19 heavy (non-hydrogen) atoms. The molecule has 0 bridgehead atoms. The van der Waals surface area contributed by atoms with Gasteiger partial charge < -0.3 is 10.1 Å². The van der Waals surface area contributed by atoms with Crippen molar-refractivity contribution >= 4 is 23.2 Å². The van der Waals surface area contributed by atoms with Gasteiger partial charge in [-0.2, -0.15) is 0 Å². The largest absolute Gasteiger partial charge is 0.380 e. The molecule has 0 heterocycles. The Morgan fingerprint density at radius 3 is 2.79 bits per heavy atom. The number of hydrogen-bond donors (Lipinski definition) is 1. The summed E-state index contributed by atoms with van der Waals surface area (Å²) in [6.07, 6.45) is 0. The maximum Gasteiger partial charge on any atom is 0.287 e. The van der Waals surface area contributed by atoms with Gasteiger partial charge in [0.2, 0.25) is 0 Å². The topological polar surface area (TPSA) is 81.5 Å². The SMILES string of the molecule is CCOCC(C)NC(=O)c1ccc([N+](=O)[O-])c(Cl)c1. The van der Waals surface area contributed by atoms with Crippen molar-refractivity contribution in [2.45, 2.75) is 19.9 Å². The van der Waals surface area contributed by atoms with Gasteiger partial charge in [-0.15, -0.1) is 0 Å². The van der Waals surface area contributed by atoms with E-state index in [1.807, 2.05) is 6.92 Å². The minimum Gasteiger partial charge on any atom is -0.380 e. The number of amides is 1. The number of rotatable bonds is 6. The van der Waals surface area contributed by atoms with Crippen LogP contribution in [0.4, 0.5) is 5.69 Å². The maximum atomic E-state index is 11.9. The average molecular weight is 287 g/mol. The van der Waals surface area contributed by atoms with Crippen LogP contribution in [0.25, 0.3) is 0 Å². The third-order valence-electron chi connectivity index (χ3n) is 2.36. The molecule has 1 N–H and O–H groups in total. The van der Waals surface area contributed by atoms with Gasteiger partial charge in [0.05, 0.1) is 11.5 Å². The Kier molecular flexibility index (Phi) is 5.72. The summed E-state index contributed by atoms with van der Waals surface area (Å²) in [6.45, 7) is 4.65. The monoisotopic (exact) mass is 286 g/mol. The number of ether oxygens (including phenoxy) is 1. The number of hydrogen-bond acceptors (Lipinski definition) is 4. The van der Waals surface area contributed by atoms with E-state index in [2.05, 4.69) is 5.32 Å². The van der Waals surface area contributed by atoms with Gasteiger partial charge in [0.25, 0.3) is 11.6 Å². The van der Waals surface area contributed by atoms with Gasteiger partial charge in [0.15, 0.2) is 0 Å². The standard InChI is InChI=1S/C12H15ClN2O4/c1-3-19-7-8(2)14-12(16)9-4-5-11(15(17)18)10(13)6-9/h4-6,8H,3,7H2,1-2H3,(H,14,16). The third kappa shape index (κ3) is 4.50. The lowest BCUT2D eigenvalue weighted by molar-refractivity contribution is -0.384. The van der Waals surface area contributed by atoms with E-state index in [0.717, 1.165) is 0 Å². The summed E-state index contributed by atoms with van der Waals surface area (Å²) in [5.41, 5.74) is 0.0551. The second-order valence-electron chi connectivity index (χ2n) is 3.96. The number of nitrogens with one attached hydrogen (secondary N) is 1. The molecule has 1 amide bonds. The van der Waals surface area contributed by atoms with Crippen LogP contribution < -0.4 is 5.32 Å². The second-order valence-corrected chi connectivity index (χ2v) is 4.36. The Bertz CT molecular complexity index is 479. The molecule has 0 spiro atoms. The number of nitro groups is 1. The Morgan fingerprint density at radius 1 is 1.58 bits per heavy atom. The Labute approximate surface area is 115 Å². The molecule has 1 unspecified atom stereocenters. The number of carbonyl (C=O) groups excluding carboxylic acids is 1. The van der Waals surface area contributed by atoms with E-state index in [9.17, 15) is 14.9 Å². The van der Waals surface area contributed by atoms with Crippen LogP contribution in [-0.2, 0) is 4.74 Å². The summed E-state index contributed by atoms with van der Waals surface area (Å²) in [6, 6.07) is 3.71. The summed E-state index contributed by atoms with van der Waals surface area (Å²) in [7, 11) is 0. The molecule has 1 aromatic rings. The summed E-state index contributed by atoms with van der Waals surface area (Å²) in [5, 5.41) is 13.3. The zero-order valence-corrected chi connectivity index (χ0v) is 11.4. The molecule has 1 aromatic carbocycles. The van der Waals surface area contributed by atoms with Gasteiger partial charge in [-0.25, -0.2) is 0 Å². The van der Waals surface area contributed by atoms with Gasteiger partial charge in [0.1, 0.15) is 5.02 Å². The zero-order valence-electron chi connectivity index (χ0n) is 10.7. The Balaban J connectivity index is 2.72. The molecule has 0 fully saturated rings. The van der Waals surface area contributed by atoms with Crippen LogP contribution in [0.2, 0.25) is 5.02 Å². The van der Waals surface area contributed by atoms with E-state index >= 15 is 0 Å². The van der Waals surface area contributed by atoms with Crippen LogP contribution in [0.1, 0.15) is 24.2 Å². The molecule has 1 atom stereocenters. The van der Waals surface area contributed by atoms with E-state index in [4.69, 9.17) is 16.3 Å². The quantitative estimate of drug-likeness (QED) is 0.643. The second kappa shape index (κ2) is 7.06. The number of carbonyl (C=O) groups is 1. The van der Waals surface area contributed by atoms with Gasteiger partial charge in [-0.3, -0.25) is 14.9 Å². The van der Waals surface area contributed by atoms with Crippen molar-refractivity contribution in [1.82, 2.24) is 5.32 Å². The van der Waals surface area contributed by atoms with E-state index in [1.165, 1.54) is 18.2 Å². The summed E-state index contributed by atoms with van der Waals surface area (Å²) in [4.78, 5) is 21.9. The molecule has 1 rings (SSSR count). The minimum atomic E-state index is -0.596. The lowest BCUT2D eigenvalue weighted by Crippen LogP contribution is -2.35. The normalized spacial score (nSPS) is 11.9. The van der Waals surface area contributed by atoms with Crippen LogP contribution in [0, 0.1) is 10.1 Å². The molecule has 0 aliphatic carbocycles. The predicted octanol–water partition coefficient (Wildman–Crippen LogP) is 2.40. The third-order valence-corrected chi connectivity index (χ3v) is 2.66. The maximum absolute atomic E-state index is 11.9. The summed E-state index contributed by atoms with van der Waals surface area (Å²) >= 11 is 5.74. The number of halogens is 1. The first kappa shape index (κ1) is 15.4. The first-order chi connectivity index (χ1) is 8.95. The minimum absolute atomic E-state index is 0.0601. The van der Waals surface area contributed by atoms with Gasteiger partial charge >= 0.3 is 0 Å². The summed E-state index contributed by atoms with van der Waals surface area (Å²) < 4.78 is 5.18. The van der Waals surface area contributed by atoms with Crippen molar-refractivity contribution in [3.05, 3.63) is 38.9 Å². The van der Waals surface area contributed by atoms with Crippen molar-refractivity contribution < 1.29 is 14.5 Å². The van der Waals surface area contributed by atoms with Gasteiger partial charge in [-0.05, 0) is 26.0 Å². The fourth-order valence-electron chi connectivity index (χ4n) is 1.44. The van der Waals surface area contributed by atoms with E-state index in [1.54, 1.807) is 6.92 Å². The van der Waals surface area contributed by atoms with Crippen molar-refractivity contribution in [1.29, 1.82) is 0 Å². The zero-order chi connectivity index (χ0) is 14.4. The number of nitro benzene ring substituents is 1. The number of nitrogens with zero attached hydrogens (tertiary/aromatic N) is 1. The van der Waals surface area contributed by atoms with Crippen molar-refractivity contribution in [2.75, 3.05) is 13.2 Å². The molecule has 6 nitrogen and oxygen atoms in total. The lowest BCUT2D eigenvalue weighted by Gasteiger charge is -2.13. The van der Waals surface area contributed by atoms with Crippen LogP contribution in [-0.4, -0.2) is 30.1 Å². The smallest absolute Gasteiger partial charge is 0.287 e. The molecule has 0 aliphatic heterocycles. The molecule has 0 radical (unpaired) electrons. The van der Waals surface area contributed by atoms with E-state index in [0.29, 0.717) is 13.2 Å². The van der Waals surface area contributed by atoms with Crippen LogP contribution in [0.15, 0.2) is 18.2 Å². The molecular weight excluding hydrogens is 272 g/mol. The first-order valence-electron chi connectivity index (χ1n) is 5.78. The Morgan fingerprint density at radius 2 is 2.26 bits per heavy atom. The lowest BCUT2D eigenvalue weighted by atomic mass is 10.2. The van der Waals surface area contributed by atoms with E-state index < -0.39 is 4.92 Å². The molecule has 7 heteroatoms. The Hall–Kier alpha value is -1.66. The van der Waals surface area contributed by atoms with Crippen molar-refractivity contribution in [2.24, 2.45) is 0 Å². The number of benzene rings is 1. The molecule has 0 saturated heterocycles. The van der Waals surface area contributed by atoms with Crippen LogP contribution in [0.5, 0.6) is 0 Å². The highest BCUT2D eigenvalue weighted by molar-refractivity contribution is 6.33. The predicted molar refractivity (Wildman–Crippen MR) is 71.5 cm³/mol. The first-order valence-corrected chi connectivity index (χ1v) is 6.16. The molecule has 0 aromatic heterocycles. The molecule has 0 saturated carbocycles. The van der Waals surface area contributed by atoms with E-state index in [-0.39, 0.29) is 28.2 Å². The molecular formula is C12H15ClN2O4. The highest BCUT2D eigenvalue weighted by Crippen LogP contribution is 2.24. The van der Waals surface area contributed by atoms with Gasteiger partial charge in [-0.1, -0.05) is 11.6 Å². The van der Waals surface area contributed by atoms with Gasteiger partial charge in [0, 0.05) is 24.3 Å². The summed E-state index contributed by atoms with van der Waals surface area (Å²) in [5.74, 6) is -0.344. The highest BCUT2D eigenvalue weighted by Gasteiger charge is 2.16. The fraction of sp³-hybridized carbons (Fsp3) is 0.417. The van der Waals surface area contributed by atoms with Crippen molar-refractivity contribution in [3.8, 4) is 0 Å². The molecule has 0 aliphatic rings. The van der Waals surface area contributed by atoms with Crippen LogP contribution in [0.3, 0.4) is 0 Å². The fourth-order valence-corrected chi connectivity index (χ4v) is 1.69. The molecule has 104 valence electrons. The van der Waals surface area contributed by atoms with Crippen molar-refractivity contribution in [3.63, 3.8) is 0 Å². The average Bonchev–Trinajstić information content (AvgIpc) is 2.35. The van der Waals surface area contributed by atoms with Crippen LogP contribution >= 0.6 is 11.6 Å². The highest BCUT2D eigenvalue weighted by atomic mass is 35.5.